The van der Waals surface area contributed by atoms with E-state index in [0.29, 0.717) is 0 Å². The number of rotatable bonds is 6. The molecule has 0 amide bonds. The Hall–Kier alpha value is -5.86. The van der Waals surface area contributed by atoms with Crippen molar-refractivity contribution in [3.05, 3.63) is 187 Å². The van der Waals surface area contributed by atoms with Gasteiger partial charge >= 0.3 is 0 Å². The molecule has 0 N–H and O–H groups in total. The molecular weight excluding hydrogens is 725 g/mol. The lowest BCUT2D eigenvalue weighted by Gasteiger charge is -2.30. The Balaban J connectivity index is 1.19. The maximum atomic E-state index is 2.57. The molecule has 7 aromatic carbocycles. The fourth-order valence-corrected chi connectivity index (χ4v) is 10.4. The summed E-state index contributed by atoms with van der Waals surface area (Å²) in [5, 5.41) is 0. The van der Waals surface area contributed by atoms with Crippen LogP contribution in [0.2, 0.25) is 0 Å². The molecule has 2 heteroatoms. The minimum atomic E-state index is -0.193. The van der Waals surface area contributed by atoms with Crippen LogP contribution in [0.4, 0.5) is 34.1 Å². The second kappa shape index (κ2) is 13.8. The van der Waals surface area contributed by atoms with Crippen molar-refractivity contribution >= 4 is 34.1 Å². The Morgan fingerprint density at radius 2 is 0.633 bits per heavy atom. The first-order chi connectivity index (χ1) is 28.4. The molecular formula is C58H60N2. The van der Waals surface area contributed by atoms with Crippen molar-refractivity contribution in [1.82, 2.24) is 0 Å². The zero-order valence-electron chi connectivity index (χ0n) is 38.3. The van der Waals surface area contributed by atoms with Gasteiger partial charge < -0.3 is 9.80 Å². The summed E-state index contributed by atoms with van der Waals surface area (Å²) in [5.74, 6) is 0. The predicted molar refractivity (Wildman–Crippen MR) is 258 cm³/mol. The number of hydrogen-bond acceptors (Lipinski definition) is 2. The molecule has 2 aliphatic carbocycles. The van der Waals surface area contributed by atoms with E-state index in [0.717, 1.165) is 0 Å². The standard InChI is InChI=1S/C58H60N2/c1-33-15-19-43(20-16-33)59(53-27-37(5)35(3)23-39(53)7)45-25-41(9)55-47-31-50-48(32-49(47)57(11,12)51(55)29-45)56-42(10)26-46(30-52(56)58(50,13)14)60(44-21-17-34(2)18-22-44)54-28-38(6)36(4)24-40(54)8/h15-32H,1-14H3. The highest BCUT2D eigenvalue weighted by atomic mass is 15.2. The Bertz CT molecular complexity index is 2700. The van der Waals surface area contributed by atoms with Gasteiger partial charge in [-0.2, -0.15) is 0 Å². The Labute approximate surface area is 359 Å². The molecule has 0 saturated carbocycles. The third-order valence-electron chi connectivity index (χ3n) is 14.2. The van der Waals surface area contributed by atoms with Crippen molar-refractivity contribution < 1.29 is 0 Å². The van der Waals surface area contributed by atoms with Gasteiger partial charge in [-0.05, 0) is 231 Å². The van der Waals surface area contributed by atoms with Crippen LogP contribution in [-0.4, -0.2) is 0 Å². The summed E-state index contributed by atoms with van der Waals surface area (Å²) in [6.45, 7) is 32.1. The predicted octanol–water partition coefficient (Wildman–Crippen LogP) is 16.3. The Morgan fingerprint density at radius 3 is 0.983 bits per heavy atom. The second-order valence-corrected chi connectivity index (χ2v) is 19.4. The van der Waals surface area contributed by atoms with E-state index >= 15 is 0 Å². The lowest BCUT2D eigenvalue weighted by atomic mass is 9.79. The highest BCUT2D eigenvalue weighted by molar-refractivity contribution is 5.94. The van der Waals surface area contributed by atoms with Gasteiger partial charge in [-0.25, -0.2) is 0 Å². The smallest absolute Gasteiger partial charge is 0.0493 e. The monoisotopic (exact) mass is 784 g/mol. The Morgan fingerprint density at radius 1 is 0.300 bits per heavy atom. The van der Waals surface area contributed by atoms with Crippen LogP contribution in [0.1, 0.15) is 106 Å². The van der Waals surface area contributed by atoms with E-state index in [-0.39, 0.29) is 10.8 Å². The lowest BCUT2D eigenvalue weighted by molar-refractivity contribution is 0.652. The fraction of sp³-hybridized carbons (Fsp3) is 0.276. The van der Waals surface area contributed by atoms with Gasteiger partial charge in [0.15, 0.2) is 0 Å². The first kappa shape index (κ1) is 39.6. The van der Waals surface area contributed by atoms with Crippen molar-refractivity contribution in [2.24, 2.45) is 0 Å². The van der Waals surface area contributed by atoms with Gasteiger partial charge in [0, 0.05) is 45.0 Å². The van der Waals surface area contributed by atoms with Crippen molar-refractivity contribution in [2.75, 3.05) is 9.80 Å². The van der Waals surface area contributed by atoms with Gasteiger partial charge in [-0.1, -0.05) is 75.2 Å². The van der Waals surface area contributed by atoms with Crippen LogP contribution in [-0.2, 0) is 10.8 Å². The molecule has 0 aliphatic heterocycles. The highest BCUT2D eigenvalue weighted by Crippen LogP contribution is 2.59. The van der Waals surface area contributed by atoms with Crippen LogP contribution in [0.15, 0.2) is 109 Å². The van der Waals surface area contributed by atoms with Crippen LogP contribution < -0.4 is 9.80 Å². The summed E-state index contributed by atoms with van der Waals surface area (Å²) < 4.78 is 0. The van der Waals surface area contributed by atoms with E-state index in [9.17, 15) is 0 Å². The number of hydrogen-bond donors (Lipinski definition) is 0. The first-order valence-electron chi connectivity index (χ1n) is 21.8. The van der Waals surface area contributed by atoms with E-state index in [1.54, 1.807) is 0 Å². The molecule has 2 nitrogen and oxygen atoms in total. The van der Waals surface area contributed by atoms with E-state index in [1.165, 1.54) is 134 Å². The van der Waals surface area contributed by atoms with Gasteiger partial charge in [0.2, 0.25) is 0 Å². The van der Waals surface area contributed by atoms with E-state index < -0.39 is 0 Å². The molecule has 0 spiro atoms. The first-order valence-corrected chi connectivity index (χ1v) is 21.8. The number of benzene rings is 7. The highest BCUT2D eigenvalue weighted by Gasteiger charge is 2.43. The Kier molecular flexibility index (Phi) is 9.14. The molecule has 0 radical (unpaired) electrons. The molecule has 0 saturated heterocycles. The lowest BCUT2D eigenvalue weighted by Crippen LogP contribution is -2.18. The minimum absolute atomic E-state index is 0.193. The van der Waals surface area contributed by atoms with Crippen LogP contribution in [0.3, 0.4) is 0 Å². The molecule has 302 valence electrons. The molecule has 0 atom stereocenters. The largest absolute Gasteiger partial charge is 0.310 e. The summed E-state index contributed by atoms with van der Waals surface area (Å²) >= 11 is 0. The fourth-order valence-electron chi connectivity index (χ4n) is 10.4. The van der Waals surface area contributed by atoms with Gasteiger partial charge in [0.05, 0.1) is 0 Å². The van der Waals surface area contributed by atoms with Crippen LogP contribution in [0.25, 0.3) is 22.3 Å². The second-order valence-electron chi connectivity index (χ2n) is 19.4. The molecule has 9 rings (SSSR count). The van der Waals surface area contributed by atoms with Gasteiger partial charge in [-0.15, -0.1) is 0 Å². The van der Waals surface area contributed by atoms with Crippen molar-refractivity contribution in [3.63, 3.8) is 0 Å². The summed E-state index contributed by atoms with van der Waals surface area (Å²) in [7, 11) is 0. The zero-order valence-corrected chi connectivity index (χ0v) is 38.3. The van der Waals surface area contributed by atoms with Crippen molar-refractivity contribution in [2.45, 2.75) is 108 Å². The molecule has 0 heterocycles. The molecule has 0 bridgehead atoms. The van der Waals surface area contributed by atoms with Gasteiger partial charge in [-0.3, -0.25) is 0 Å². The SMILES string of the molecule is Cc1ccc(N(c2cc(C)c3c(c2)C(C)(C)c2cc4c(cc2-3)C(C)(C)c2cc(N(c3ccc(C)cc3)c3cc(C)c(C)cc3C)cc(C)c2-4)c2cc(C)c(C)cc2C)cc1. The normalized spacial score (nSPS) is 14.1. The molecule has 60 heavy (non-hydrogen) atoms. The molecule has 0 fully saturated rings. The zero-order chi connectivity index (χ0) is 42.7. The van der Waals surface area contributed by atoms with Crippen LogP contribution in [0, 0.1) is 69.2 Å². The minimum Gasteiger partial charge on any atom is -0.310 e. The third-order valence-corrected chi connectivity index (χ3v) is 14.2. The quantitative estimate of drug-likeness (QED) is 0.166. The van der Waals surface area contributed by atoms with Crippen LogP contribution >= 0.6 is 0 Å². The topological polar surface area (TPSA) is 6.48 Å². The van der Waals surface area contributed by atoms with E-state index in [1.807, 2.05) is 0 Å². The van der Waals surface area contributed by atoms with Crippen molar-refractivity contribution in [1.29, 1.82) is 0 Å². The average Bonchev–Trinajstić information content (AvgIpc) is 3.55. The number of aryl methyl sites for hydroxylation is 10. The van der Waals surface area contributed by atoms with E-state index in [4.69, 9.17) is 0 Å². The summed E-state index contributed by atoms with van der Waals surface area (Å²) in [6.07, 6.45) is 0. The summed E-state index contributed by atoms with van der Waals surface area (Å²) in [5.41, 5.74) is 31.0. The van der Waals surface area contributed by atoms with Gasteiger partial charge in [0.1, 0.15) is 0 Å². The molecule has 0 unspecified atom stereocenters. The van der Waals surface area contributed by atoms with Crippen molar-refractivity contribution in [3.8, 4) is 22.3 Å². The van der Waals surface area contributed by atoms with Crippen LogP contribution in [0.5, 0.6) is 0 Å². The maximum Gasteiger partial charge on any atom is 0.0493 e. The maximum absolute atomic E-state index is 2.57. The molecule has 7 aromatic rings. The number of anilines is 6. The summed E-state index contributed by atoms with van der Waals surface area (Å²) in [6, 6.07) is 42.4. The number of nitrogens with zero attached hydrogens (tertiary/aromatic N) is 2. The van der Waals surface area contributed by atoms with E-state index in [2.05, 4.69) is 216 Å². The molecule has 2 aliphatic rings. The average molecular weight is 785 g/mol. The molecule has 0 aromatic heterocycles. The number of fused-ring (bicyclic) bond motifs is 6. The third kappa shape index (κ3) is 6.05. The summed E-state index contributed by atoms with van der Waals surface area (Å²) in [4.78, 5) is 4.96. The van der Waals surface area contributed by atoms with Gasteiger partial charge in [0.25, 0.3) is 0 Å².